The number of hydrogen-bond donors (Lipinski definition) is 2. The monoisotopic (exact) mass is 477 g/mol. The molecule has 2 N–H and O–H groups in total. The second-order valence-corrected chi connectivity index (χ2v) is 9.72. The smallest absolute Gasteiger partial charge is 0.291 e. The molecule has 0 bridgehead atoms. The van der Waals surface area contributed by atoms with Crippen LogP contribution in [0.4, 0.5) is 10.8 Å². The third-order valence-electron chi connectivity index (χ3n) is 5.86. The first kappa shape index (κ1) is 21.7. The molecule has 0 fully saturated rings. The van der Waals surface area contributed by atoms with Crippen molar-refractivity contribution in [1.29, 1.82) is 0 Å². The van der Waals surface area contributed by atoms with Gasteiger partial charge in [0.25, 0.3) is 5.91 Å². The number of aryl methyl sites for hydroxylation is 2. The fourth-order valence-electron chi connectivity index (χ4n) is 4.31. The van der Waals surface area contributed by atoms with Crippen LogP contribution in [0.15, 0.2) is 65.3 Å². The fourth-order valence-corrected chi connectivity index (χ4v) is 5.76. The summed E-state index contributed by atoms with van der Waals surface area (Å²) in [5.74, 6) is 0.834. The van der Waals surface area contributed by atoms with Gasteiger partial charge in [-0.05, 0) is 80.1 Å². The maximum atomic E-state index is 12.9. The van der Waals surface area contributed by atoms with Crippen LogP contribution < -0.4 is 10.6 Å². The first-order valence-corrected chi connectivity index (χ1v) is 12.2. The number of aromatic nitrogens is 1. The van der Waals surface area contributed by atoms with Crippen LogP contribution in [0.2, 0.25) is 5.02 Å². The summed E-state index contributed by atoms with van der Waals surface area (Å²) in [7, 11) is 0. The zero-order chi connectivity index (χ0) is 22.8. The van der Waals surface area contributed by atoms with Gasteiger partial charge in [0.1, 0.15) is 10.8 Å². The van der Waals surface area contributed by atoms with E-state index in [-0.39, 0.29) is 11.9 Å². The fraction of sp³-hybridized carbons (Fsp3) is 0.231. The van der Waals surface area contributed by atoms with Crippen LogP contribution >= 0.6 is 22.9 Å². The number of amides is 1. The third-order valence-corrected chi connectivity index (χ3v) is 7.33. The minimum Gasteiger partial charge on any atom is -0.459 e. The van der Waals surface area contributed by atoms with Crippen molar-refractivity contribution in [2.24, 2.45) is 0 Å². The lowest BCUT2D eigenvalue weighted by Gasteiger charge is -2.24. The molecule has 4 aromatic rings. The molecule has 0 radical (unpaired) electrons. The van der Waals surface area contributed by atoms with E-state index in [9.17, 15) is 4.79 Å². The van der Waals surface area contributed by atoms with Gasteiger partial charge in [0.2, 0.25) is 0 Å². The SMILES string of the molecule is Cc1cccc(N[C@H](c2ccc(Cl)cc2)c2c(NC(=O)c3ccco3)sc3c2CCCC3)n1. The Labute approximate surface area is 201 Å². The molecule has 33 heavy (non-hydrogen) atoms. The van der Waals surface area contributed by atoms with Crippen LogP contribution in [0.25, 0.3) is 0 Å². The third kappa shape index (κ3) is 4.68. The van der Waals surface area contributed by atoms with Crippen molar-refractivity contribution in [2.45, 2.75) is 38.6 Å². The number of fused-ring (bicyclic) bond motifs is 1. The second-order valence-electron chi connectivity index (χ2n) is 8.18. The molecule has 0 aliphatic heterocycles. The van der Waals surface area contributed by atoms with Gasteiger partial charge in [0.05, 0.1) is 12.3 Å². The number of hydrogen-bond acceptors (Lipinski definition) is 5. The summed E-state index contributed by atoms with van der Waals surface area (Å²) in [6.45, 7) is 1.98. The molecular weight excluding hydrogens is 454 g/mol. The molecule has 0 saturated carbocycles. The number of halogens is 1. The van der Waals surface area contributed by atoms with Crippen molar-refractivity contribution in [3.63, 3.8) is 0 Å². The molecular formula is C26H24ClN3O2S. The molecule has 1 amide bonds. The van der Waals surface area contributed by atoms with E-state index >= 15 is 0 Å². The van der Waals surface area contributed by atoms with Crippen LogP contribution in [0.1, 0.15) is 56.7 Å². The minimum atomic E-state index is -0.247. The van der Waals surface area contributed by atoms with Crippen LogP contribution in [0.5, 0.6) is 0 Å². The number of anilines is 2. The average Bonchev–Trinajstić information content (AvgIpc) is 3.47. The highest BCUT2D eigenvalue weighted by Crippen LogP contribution is 2.44. The molecule has 0 saturated heterocycles. The molecule has 3 heterocycles. The number of benzene rings is 1. The lowest BCUT2D eigenvalue weighted by atomic mass is 9.89. The summed E-state index contributed by atoms with van der Waals surface area (Å²) >= 11 is 7.86. The predicted molar refractivity (Wildman–Crippen MR) is 134 cm³/mol. The maximum Gasteiger partial charge on any atom is 0.291 e. The molecule has 1 aliphatic carbocycles. The van der Waals surface area contributed by atoms with Crippen LogP contribution in [-0.4, -0.2) is 10.9 Å². The van der Waals surface area contributed by atoms with E-state index in [0.29, 0.717) is 10.8 Å². The maximum absolute atomic E-state index is 12.9. The molecule has 5 nitrogen and oxygen atoms in total. The Morgan fingerprint density at radius 3 is 2.67 bits per heavy atom. The van der Waals surface area contributed by atoms with Gasteiger partial charge >= 0.3 is 0 Å². The lowest BCUT2D eigenvalue weighted by molar-refractivity contribution is 0.0997. The Bertz CT molecular complexity index is 1270. The standard InChI is InChI=1S/C26H24ClN3O2S/c1-16-6-4-10-22(28-16)29-24(17-11-13-18(27)14-12-17)23-19-7-2-3-9-21(19)33-26(23)30-25(31)20-8-5-15-32-20/h4-6,8,10-15,24H,2-3,7,9H2,1H3,(H,28,29)(H,30,31)/t24-/m1/s1. The zero-order valence-corrected chi connectivity index (χ0v) is 19.8. The highest BCUT2D eigenvalue weighted by Gasteiger charge is 2.29. The Morgan fingerprint density at radius 2 is 1.91 bits per heavy atom. The molecule has 0 unspecified atom stereocenters. The van der Waals surface area contributed by atoms with Crippen molar-refractivity contribution in [3.8, 4) is 0 Å². The molecule has 3 aromatic heterocycles. The number of carbonyl (C=O) groups excluding carboxylic acids is 1. The number of pyridine rings is 1. The van der Waals surface area contributed by atoms with E-state index in [0.717, 1.165) is 53.3 Å². The number of nitrogens with one attached hydrogen (secondary N) is 2. The normalized spacial score (nSPS) is 13.9. The Kier molecular flexibility index (Phi) is 6.20. The van der Waals surface area contributed by atoms with Gasteiger partial charge in [0, 0.05) is 21.2 Å². The molecule has 5 rings (SSSR count). The number of carbonyl (C=O) groups is 1. The first-order valence-electron chi connectivity index (χ1n) is 11.0. The topological polar surface area (TPSA) is 67.2 Å². The van der Waals surface area contributed by atoms with Crippen LogP contribution in [-0.2, 0) is 12.8 Å². The van der Waals surface area contributed by atoms with Gasteiger partial charge in [-0.1, -0.05) is 29.8 Å². The quantitative estimate of drug-likeness (QED) is 0.313. The highest BCUT2D eigenvalue weighted by molar-refractivity contribution is 7.16. The second kappa shape index (κ2) is 9.41. The molecule has 168 valence electrons. The van der Waals surface area contributed by atoms with Gasteiger partial charge in [-0.3, -0.25) is 4.79 Å². The minimum absolute atomic E-state index is 0.193. The van der Waals surface area contributed by atoms with Crippen LogP contribution in [0.3, 0.4) is 0 Å². The van der Waals surface area contributed by atoms with E-state index < -0.39 is 0 Å². The molecule has 1 aliphatic rings. The van der Waals surface area contributed by atoms with Gasteiger partial charge in [0.15, 0.2) is 5.76 Å². The van der Waals surface area contributed by atoms with Crippen molar-refractivity contribution < 1.29 is 9.21 Å². The summed E-state index contributed by atoms with van der Waals surface area (Å²) in [6.07, 6.45) is 5.83. The van der Waals surface area contributed by atoms with E-state index in [1.54, 1.807) is 23.5 Å². The summed E-state index contributed by atoms with van der Waals surface area (Å²) in [6, 6.07) is 17.0. The van der Waals surface area contributed by atoms with E-state index in [4.69, 9.17) is 16.0 Å². The summed E-state index contributed by atoms with van der Waals surface area (Å²) in [5.41, 5.74) is 4.41. The van der Waals surface area contributed by atoms with Crippen molar-refractivity contribution in [3.05, 3.63) is 98.9 Å². The van der Waals surface area contributed by atoms with Gasteiger partial charge in [-0.25, -0.2) is 4.98 Å². The van der Waals surface area contributed by atoms with Crippen molar-refractivity contribution in [2.75, 3.05) is 10.6 Å². The Hall–Kier alpha value is -3.09. The van der Waals surface area contributed by atoms with E-state index in [1.807, 2.05) is 49.4 Å². The largest absolute Gasteiger partial charge is 0.459 e. The summed E-state index contributed by atoms with van der Waals surface area (Å²) in [4.78, 5) is 18.9. The Balaban J connectivity index is 1.61. The molecule has 1 aromatic carbocycles. The highest BCUT2D eigenvalue weighted by atomic mass is 35.5. The van der Waals surface area contributed by atoms with E-state index in [1.165, 1.54) is 16.7 Å². The zero-order valence-electron chi connectivity index (χ0n) is 18.2. The number of rotatable bonds is 6. The number of furan rings is 1. The summed E-state index contributed by atoms with van der Waals surface area (Å²) < 4.78 is 5.33. The van der Waals surface area contributed by atoms with Crippen molar-refractivity contribution in [1.82, 2.24) is 4.98 Å². The van der Waals surface area contributed by atoms with E-state index in [2.05, 4.69) is 15.6 Å². The Morgan fingerprint density at radius 1 is 1.09 bits per heavy atom. The van der Waals surface area contributed by atoms with Gasteiger partial charge in [-0.2, -0.15) is 0 Å². The molecule has 1 atom stereocenters. The molecule has 7 heteroatoms. The number of nitrogens with zero attached hydrogens (tertiary/aromatic N) is 1. The lowest BCUT2D eigenvalue weighted by Crippen LogP contribution is -2.19. The van der Waals surface area contributed by atoms with Crippen molar-refractivity contribution >= 4 is 39.7 Å². The van der Waals surface area contributed by atoms with Crippen LogP contribution in [0, 0.1) is 6.92 Å². The predicted octanol–water partition coefficient (Wildman–Crippen LogP) is 7.03. The molecule has 0 spiro atoms. The number of thiophene rings is 1. The summed E-state index contributed by atoms with van der Waals surface area (Å²) in [5, 5.41) is 8.30. The van der Waals surface area contributed by atoms with Gasteiger partial charge in [-0.15, -0.1) is 11.3 Å². The van der Waals surface area contributed by atoms with Gasteiger partial charge < -0.3 is 15.1 Å². The average molecular weight is 478 g/mol. The first-order chi connectivity index (χ1) is 16.1.